The number of thioether (sulfide) groups is 1. The van der Waals surface area contributed by atoms with E-state index in [0.717, 1.165) is 0 Å². The number of thiol groups is 1. The van der Waals surface area contributed by atoms with Crippen LogP contribution in [0.1, 0.15) is 0 Å². The molecule has 18 heavy (non-hydrogen) atoms. The minimum atomic E-state index is 0.463. The number of hydrogen-bond donors (Lipinski definition) is 5. The van der Waals surface area contributed by atoms with Gasteiger partial charge in [0.05, 0.1) is 17.6 Å². The van der Waals surface area contributed by atoms with Crippen LogP contribution in [0, 0.1) is 0 Å². The molecule has 0 bridgehead atoms. The van der Waals surface area contributed by atoms with Crippen molar-refractivity contribution >= 4 is 93.2 Å². The van der Waals surface area contributed by atoms with E-state index in [0.29, 0.717) is 37.6 Å². The smallest absolute Gasteiger partial charge is 0.134 e. The summed E-state index contributed by atoms with van der Waals surface area (Å²) in [6.45, 7) is 0. The number of thiocarbonyl (C=S) groups is 4. The minimum Gasteiger partial charge on any atom is -0.377 e. The Kier molecular flexibility index (Phi) is 11.3. The van der Waals surface area contributed by atoms with Crippen LogP contribution in [0.15, 0.2) is 0 Å². The Morgan fingerprint density at radius 3 is 1.78 bits per heavy atom. The number of nitrogens with one attached hydrogen (secondary N) is 4. The second-order valence-corrected chi connectivity index (χ2v) is 5.68. The van der Waals surface area contributed by atoms with Crippen LogP contribution in [0.2, 0.25) is 0 Å². The Bertz CT molecular complexity index is 332. The highest BCUT2D eigenvalue weighted by Crippen LogP contribution is 1.94. The average molecular weight is 359 g/mol. The molecule has 0 aromatic heterocycles. The van der Waals surface area contributed by atoms with Gasteiger partial charge in [0.2, 0.25) is 0 Å². The van der Waals surface area contributed by atoms with E-state index >= 15 is 0 Å². The Morgan fingerprint density at radius 1 is 0.889 bits per heavy atom. The molecule has 0 heterocycles. The Hall–Kier alpha value is 0.260. The predicted octanol–water partition coefficient (Wildman–Crippen LogP) is 0.820. The van der Waals surface area contributed by atoms with Gasteiger partial charge in [-0.3, -0.25) is 0 Å². The van der Waals surface area contributed by atoms with Gasteiger partial charge >= 0.3 is 0 Å². The molecule has 0 saturated carbocycles. The van der Waals surface area contributed by atoms with Gasteiger partial charge < -0.3 is 21.3 Å². The molecule has 0 aliphatic rings. The van der Waals surface area contributed by atoms with Crippen LogP contribution in [-0.4, -0.2) is 44.6 Å². The Morgan fingerprint density at radius 2 is 1.33 bits per heavy atom. The summed E-state index contributed by atoms with van der Waals surface area (Å²) in [7, 11) is 1.73. The van der Waals surface area contributed by atoms with Gasteiger partial charge in [0.1, 0.15) is 20.0 Å². The second-order valence-electron chi connectivity index (χ2n) is 2.75. The normalized spacial score (nSPS) is 9.22. The third-order valence-electron chi connectivity index (χ3n) is 1.55. The molecule has 0 radical (unpaired) electrons. The largest absolute Gasteiger partial charge is 0.377 e. The molecular formula is C8H14N4S6. The van der Waals surface area contributed by atoms with E-state index in [2.05, 4.69) is 33.9 Å². The topological polar surface area (TPSA) is 48.1 Å². The van der Waals surface area contributed by atoms with Crippen molar-refractivity contribution in [2.24, 2.45) is 0 Å². The fourth-order valence-corrected chi connectivity index (χ4v) is 2.29. The zero-order chi connectivity index (χ0) is 14.0. The van der Waals surface area contributed by atoms with Gasteiger partial charge in [0.15, 0.2) is 0 Å². The summed E-state index contributed by atoms with van der Waals surface area (Å²) in [4.78, 5) is 2.09. The van der Waals surface area contributed by atoms with Crippen LogP contribution in [-0.2, 0) is 0 Å². The van der Waals surface area contributed by atoms with Crippen LogP contribution >= 0.6 is 73.3 Å². The zero-order valence-corrected chi connectivity index (χ0v) is 14.6. The third kappa shape index (κ3) is 8.38. The van der Waals surface area contributed by atoms with Gasteiger partial charge in [-0.15, -0.1) is 11.8 Å². The molecule has 4 nitrogen and oxygen atoms in total. The van der Waals surface area contributed by atoms with E-state index in [1.54, 1.807) is 18.8 Å². The molecule has 0 aliphatic carbocycles. The first-order valence-corrected chi connectivity index (χ1v) is 8.19. The van der Waals surface area contributed by atoms with Crippen molar-refractivity contribution in [2.75, 3.05) is 24.7 Å². The molecule has 102 valence electrons. The molecule has 0 aromatic rings. The Balaban J connectivity index is 3.63. The monoisotopic (exact) mass is 358 g/mol. The second kappa shape index (κ2) is 11.1. The number of hydrogen-bond acceptors (Lipinski definition) is 6. The first-order chi connectivity index (χ1) is 8.52. The van der Waals surface area contributed by atoms with Gasteiger partial charge in [-0.2, -0.15) is 12.6 Å². The van der Waals surface area contributed by atoms with Crippen molar-refractivity contribution in [2.45, 2.75) is 0 Å². The van der Waals surface area contributed by atoms with Gasteiger partial charge in [0.25, 0.3) is 0 Å². The first-order valence-electron chi connectivity index (χ1n) is 4.77. The lowest BCUT2D eigenvalue weighted by molar-refractivity contribution is 1.11. The summed E-state index contributed by atoms with van der Waals surface area (Å²) in [5.74, 6) is 1.74. The standard InChI is InChI=1S/C8H14N4S6/c1-9-5(14)6(15)11-3-18-4-12-8(17)7(16)10-2-13/h13H,2-4H2,1H3,(H,9,14)(H,10,16)(H,11,15)(H,12,17). The van der Waals surface area contributed by atoms with Crippen LogP contribution in [0.4, 0.5) is 0 Å². The lowest BCUT2D eigenvalue weighted by Crippen LogP contribution is -2.37. The minimum absolute atomic E-state index is 0.463. The van der Waals surface area contributed by atoms with E-state index in [9.17, 15) is 0 Å². The summed E-state index contributed by atoms with van der Waals surface area (Å²) in [6.07, 6.45) is 0. The lowest BCUT2D eigenvalue weighted by Gasteiger charge is -2.11. The molecular weight excluding hydrogens is 345 g/mol. The van der Waals surface area contributed by atoms with Crippen molar-refractivity contribution in [1.82, 2.24) is 21.3 Å². The van der Waals surface area contributed by atoms with Crippen LogP contribution in [0.3, 0.4) is 0 Å². The van der Waals surface area contributed by atoms with Gasteiger partial charge in [-0.25, -0.2) is 0 Å². The zero-order valence-electron chi connectivity index (χ0n) is 9.61. The lowest BCUT2D eigenvalue weighted by atomic mass is 10.6. The third-order valence-corrected chi connectivity index (χ3v) is 4.12. The molecule has 0 rings (SSSR count). The molecule has 0 aromatic carbocycles. The molecule has 10 heteroatoms. The van der Waals surface area contributed by atoms with Crippen molar-refractivity contribution in [3.05, 3.63) is 0 Å². The SMILES string of the molecule is CNC(=S)C(=S)NCSCNC(=S)C(=S)NCS. The maximum absolute atomic E-state index is 5.06. The van der Waals surface area contributed by atoms with Gasteiger partial charge in [-0.05, 0) is 0 Å². The van der Waals surface area contributed by atoms with Gasteiger partial charge in [0, 0.05) is 7.05 Å². The summed E-state index contributed by atoms with van der Waals surface area (Å²) >= 11 is 25.7. The van der Waals surface area contributed by atoms with Crippen molar-refractivity contribution < 1.29 is 0 Å². The van der Waals surface area contributed by atoms with Crippen molar-refractivity contribution in [1.29, 1.82) is 0 Å². The molecule has 0 spiro atoms. The summed E-state index contributed by atoms with van der Waals surface area (Å²) < 4.78 is 0. The van der Waals surface area contributed by atoms with E-state index in [4.69, 9.17) is 48.9 Å². The fraction of sp³-hybridized carbons (Fsp3) is 0.500. The van der Waals surface area contributed by atoms with Gasteiger partial charge in [-0.1, -0.05) is 48.9 Å². The molecule has 0 saturated heterocycles. The molecule has 0 aliphatic heterocycles. The predicted molar refractivity (Wildman–Crippen MR) is 100 cm³/mol. The highest BCUT2D eigenvalue weighted by molar-refractivity contribution is 7.99. The molecule has 0 atom stereocenters. The number of likely N-dealkylation sites (N-methyl/N-ethyl adjacent to an activating group) is 1. The van der Waals surface area contributed by atoms with Crippen molar-refractivity contribution in [3.8, 4) is 0 Å². The molecule has 4 N–H and O–H groups in total. The van der Waals surface area contributed by atoms with Crippen LogP contribution in [0.25, 0.3) is 0 Å². The maximum atomic E-state index is 5.06. The highest BCUT2D eigenvalue weighted by atomic mass is 32.2. The van der Waals surface area contributed by atoms with Crippen molar-refractivity contribution in [3.63, 3.8) is 0 Å². The summed E-state index contributed by atoms with van der Waals surface area (Å²) in [6, 6.07) is 0. The van der Waals surface area contributed by atoms with E-state index in [-0.39, 0.29) is 0 Å². The summed E-state index contributed by atoms with van der Waals surface area (Å²) in [5, 5.41) is 11.7. The number of rotatable bonds is 5. The first kappa shape index (κ1) is 18.3. The fourth-order valence-electron chi connectivity index (χ4n) is 0.710. The molecule has 0 fully saturated rings. The Labute approximate surface area is 138 Å². The van der Waals surface area contributed by atoms with E-state index in [1.165, 1.54) is 0 Å². The summed E-state index contributed by atoms with van der Waals surface area (Å²) in [5.41, 5.74) is 0. The average Bonchev–Trinajstić information content (AvgIpc) is 2.37. The van der Waals surface area contributed by atoms with E-state index in [1.807, 2.05) is 0 Å². The molecule has 0 unspecified atom stereocenters. The van der Waals surface area contributed by atoms with E-state index < -0.39 is 0 Å². The highest BCUT2D eigenvalue weighted by Gasteiger charge is 2.03. The van der Waals surface area contributed by atoms with Crippen LogP contribution < -0.4 is 21.3 Å². The quantitative estimate of drug-likeness (QED) is 0.213. The maximum Gasteiger partial charge on any atom is 0.134 e. The molecule has 0 amide bonds. The van der Waals surface area contributed by atoms with Crippen LogP contribution in [0.5, 0.6) is 0 Å².